The van der Waals surface area contributed by atoms with Crippen LogP contribution in [0.25, 0.3) is 6.08 Å². The molecule has 0 aromatic heterocycles. The van der Waals surface area contributed by atoms with E-state index in [1.165, 1.54) is 22.7 Å². The highest BCUT2D eigenvalue weighted by molar-refractivity contribution is 9.10. The van der Waals surface area contributed by atoms with Crippen LogP contribution in [0, 0.1) is 17.0 Å². The number of benzene rings is 2. The SMILES string of the molecule is Cc1ccc(N2C(=O)/C(=C\c3ccc(Br)c([N+](=O)[O-])c3)SC2=S)cc1. The lowest BCUT2D eigenvalue weighted by molar-refractivity contribution is -0.385. The van der Waals surface area contributed by atoms with E-state index in [0.717, 1.165) is 5.56 Å². The second kappa shape index (κ2) is 7.07. The summed E-state index contributed by atoms with van der Waals surface area (Å²) in [6.45, 7) is 1.97. The van der Waals surface area contributed by atoms with Crippen LogP contribution in [0.2, 0.25) is 0 Å². The van der Waals surface area contributed by atoms with Gasteiger partial charge < -0.3 is 0 Å². The minimum Gasteiger partial charge on any atom is -0.268 e. The number of carbonyl (C=O) groups is 1. The van der Waals surface area contributed by atoms with Gasteiger partial charge in [0.05, 0.1) is 20.0 Å². The monoisotopic (exact) mass is 434 g/mol. The fourth-order valence-electron chi connectivity index (χ4n) is 2.29. The molecule has 8 heteroatoms. The largest absolute Gasteiger partial charge is 0.284 e. The van der Waals surface area contributed by atoms with Crippen molar-refractivity contribution in [3.05, 3.63) is 73.1 Å². The number of anilines is 1. The molecular weight excluding hydrogens is 424 g/mol. The van der Waals surface area contributed by atoms with Crippen molar-refractivity contribution in [2.24, 2.45) is 0 Å². The molecule has 0 saturated carbocycles. The standard InChI is InChI=1S/C17H11BrN2O3S2/c1-10-2-5-12(6-3-10)19-16(21)15(25-17(19)24)9-11-4-7-13(18)14(8-11)20(22)23/h2-9H,1H3/b15-9+. The van der Waals surface area contributed by atoms with E-state index in [1.54, 1.807) is 18.2 Å². The van der Waals surface area contributed by atoms with E-state index in [1.807, 2.05) is 31.2 Å². The first-order chi connectivity index (χ1) is 11.9. The van der Waals surface area contributed by atoms with Crippen LogP contribution in [0.4, 0.5) is 11.4 Å². The molecule has 2 aromatic rings. The Morgan fingerprint density at radius 2 is 1.92 bits per heavy atom. The quantitative estimate of drug-likeness (QED) is 0.292. The number of rotatable bonds is 3. The zero-order valence-electron chi connectivity index (χ0n) is 12.9. The summed E-state index contributed by atoms with van der Waals surface area (Å²) in [6.07, 6.45) is 1.62. The van der Waals surface area contributed by atoms with Crippen LogP contribution in [-0.2, 0) is 4.79 Å². The lowest BCUT2D eigenvalue weighted by atomic mass is 10.2. The van der Waals surface area contributed by atoms with Crippen LogP contribution in [0.3, 0.4) is 0 Å². The van der Waals surface area contributed by atoms with Crippen molar-refractivity contribution in [2.75, 3.05) is 4.90 Å². The summed E-state index contributed by atoms with van der Waals surface area (Å²) in [6, 6.07) is 12.2. The number of nitrogens with zero attached hydrogens (tertiary/aromatic N) is 2. The van der Waals surface area contributed by atoms with Gasteiger partial charge >= 0.3 is 0 Å². The third kappa shape index (κ3) is 3.65. The van der Waals surface area contributed by atoms with Gasteiger partial charge in [0.1, 0.15) is 0 Å². The number of hydrogen-bond acceptors (Lipinski definition) is 5. The number of amides is 1. The first kappa shape index (κ1) is 17.8. The summed E-state index contributed by atoms with van der Waals surface area (Å²) in [5.41, 5.74) is 2.31. The Morgan fingerprint density at radius 3 is 2.56 bits per heavy atom. The van der Waals surface area contributed by atoms with Crippen molar-refractivity contribution in [1.29, 1.82) is 0 Å². The fraction of sp³-hybridized carbons (Fsp3) is 0.0588. The molecule has 0 aliphatic carbocycles. The highest BCUT2D eigenvalue weighted by Gasteiger charge is 2.33. The Morgan fingerprint density at radius 1 is 1.24 bits per heavy atom. The molecule has 1 aliphatic heterocycles. The molecule has 3 rings (SSSR count). The van der Waals surface area contributed by atoms with Gasteiger partial charge in [0, 0.05) is 6.07 Å². The van der Waals surface area contributed by atoms with E-state index in [2.05, 4.69) is 15.9 Å². The summed E-state index contributed by atoms with van der Waals surface area (Å²) in [7, 11) is 0. The number of nitro benzene ring substituents is 1. The van der Waals surface area contributed by atoms with E-state index in [0.29, 0.717) is 24.9 Å². The summed E-state index contributed by atoms with van der Waals surface area (Å²) in [5.74, 6) is -0.232. The van der Waals surface area contributed by atoms with Gasteiger partial charge in [-0.2, -0.15) is 0 Å². The zero-order chi connectivity index (χ0) is 18.1. The number of thioether (sulfide) groups is 1. The second-order valence-corrected chi connectivity index (χ2v) is 7.85. The molecule has 0 unspecified atom stereocenters. The lowest BCUT2D eigenvalue weighted by Gasteiger charge is -2.14. The minimum absolute atomic E-state index is 0.0530. The lowest BCUT2D eigenvalue weighted by Crippen LogP contribution is -2.27. The average Bonchev–Trinajstić information content (AvgIpc) is 2.84. The fourth-order valence-corrected chi connectivity index (χ4v) is 3.99. The average molecular weight is 435 g/mol. The number of carbonyl (C=O) groups excluding carboxylic acids is 1. The second-order valence-electron chi connectivity index (χ2n) is 5.32. The molecule has 1 aliphatic rings. The molecule has 1 saturated heterocycles. The van der Waals surface area contributed by atoms with Gasteiger partial charge in [-0.3, -0.25) is 19.8 Å². The smallest absolute Gasteiger partial charge is 0.268 e. The minimum atomic E-state index is -0.473. The Balaban J connectivity index is 1.94. The molecule has 126 valence electrons. The molecular formula is C17H11BrN2O3S2. The normalized spacial score (nSPS) is 15.9. The van der Waals surface area contributed by atoms with Crippen LogP contribution in [-0.4, -0.2) is 15.2 Å². The number of nitro groups is 1. The van der Waals surface area contributed by atoms with E-state index in [-0.39, 0.29) is 11.6 Å². The Bertz CT molecular complexity index is 926. The van der Waals surface area contributed by atoms with Crippen molar-refractivity contribution in [1.82, 2.24) is 0 Å². The molecule has 0 bridgehead atoms. The van der Waals surface area contributed by atoms with Crippen LogP contribution in [0.5, 0.6) is 0 Å². The molecule has 1 fully saturated rings. The van der Waals surface area contributed by atoms with Gasteiger partial charge in [0.25, 0.3) is 11.6 Å². The third-order valence-corrected chi connectivity index (χ3v) is 5.52. The van der Waals surface area contributed by atoms with Gasteiger partial charge in [0.2, 0.25) is 0 Å². The van der Waals surface area contributed by atoms with Crippen LogP contribution in [0.1, 0.15) is 11.1 Å². The zero-order valence-corrected chi connectivity index (χ0v) is 16.2. The van der Waals surface area contributed by atoms with Crippen LogP contribution < -0.4 is 4.90 Å². The molecule has 0 spiro atoms. The molecule has 1 amide bonds. The van der Waals surface area contributed by atoms with E-state index in [4.69, 9.17) is 12.2 Å². The van der Waals surface area contributed by atoms with Gasteiger partial charge in [0.15, 0.2) is 4.32 Å². The Hall–Kier alpha value is -2.03. The summed E-state index contributed by atoms with van der Waals surface area (Å²) < 4.78 is 0.827. The Kier molecular flexibility index (Phi) is 5.03. The third-order valence-electron chi connectivity index (χ3n) is 3.55. The predicted octanol–water partition coefficient (Wildman–Crippen LogP) is 5.07. The molecule has 5 nitrogen and oxygen atoms in total. The van der Waals surface area contributed by atoms with Crippen molar-refractivity contribution < 1.29 is 9.72 Å². The van der Waals surface area contributed by atoms with E-state index in [9.17, 15) is 14.9 Å². The number of thiocarbonyl (C=S) groups is 1. The van der Waals surface area contributed by atoms with E-state index >= 15 is 0 Å². The van der Waals surface area contributed by atoms with Gasteiger partial charge in [-0.15, -0.1) is 0 Å². The van der Waals surface area contributed by atoms with Crippen molar-refractivity contribution >= 4 is 67.6 Å². The molecule has 1 heterocycles. The molecule has 0 N–H and O–H groups in total. The first-order valence-corrected chi connectivity index (χ1v) is 9.17. The maximum Gasteiger partial charge on any atom is 0.284 e. The highest BCUT2D eigenvalue weighted by Crippen LogP contribution is 2.36. The summed E-state index contributed by atoms with van der Waals surface area (Å²) in [4.78, 5) is 25.2. The number of hydrogen-bond donors (Lipinski definition) is 0. The summed E-state index contributed by atoms with van der Waals surface area (Å²) in [5, 5.41) is 11.0. The van der Waals surface area contributed by atoms with Crippen LogP contribution in [0.15, 0.2) is 51.8 Å². The molecule has 2 aromatic carbocycles. The Labute approximate surface area is 162 Å². The maximum atomic E-state index is 12.7. The molecule has 0 atom stereocenters. The number of aryl methyl sites for hydroxylation is 1. The molecule has 0 radical (unpaired) electrons. The highest BCUT2D eigenvalue weighted by atomic mass is 79.9. The van der Waals surface area contributed by atoms with Crippen molar-refractivity contribution in [3.8, 4) is 0 Å². The summed E-state index contributed by atoms with van der Waals surface area (Å²) >= 11 is 9.65. The maximum absolute atomic E-state index is 12.7. The van der Waals surface area contributed by atoms with Crippen molar-refractivity contribution in [2.45, 2.75) is 6.92 Å². The van der Waals surface area contributed by atoms with Gasteiger partial charge in [-0.1, -0.05) is 47.7 Å². The van der Waals surface area contributed by atoms with Crippen molar-refractivity contribution in [3.63, 3.8) is 0 Å². The van der Waals surface area contributed by atoms with Gasteiger partial charge in [-0.05, 0) is 52.7 Å². The molecule has 25 heavy (non-hydrogen) atoms. The van der Waals surface area contributed by atoms with Crippen LogP contribution >= 0.6 is 39.9 Å². The predicted molar refractivity (Wildman–Crippen MR) is 108 cm³/mol. The van der Waals surface area contributed by atoms with E-state index < -0.39 is 4.92 Å². The topological polar surface area (TPSA) is 63.5 Å². The number of halogens is 1. The van der Waals surface area contributed by atoms with Gasteiger partial charge in [-0.25, -0.2) is 0 Å². The first-order valence-electron chi connectivity index (χ1n) is 7.15.